The molecule has 5 nitrogen and oxygen atoms in total. The zero-order chi connectivity index (χ0) is 19.6. The number of carbonyl (C=O) groups excluding carboxylic acids is 1. The molecule has 0 aliphatic rings. The third kappa shape index (κ3) is 6.29. The normalized spacial score (nSPS) is 10.7. The first-order valence-corrected chi connectivity index (χ1v) is 9.28. The van der Waals surface area contributed by atoms with Crippen LogP contribution < -0.4 is 14.8 Å². The highest BCUT2D eigenvalue weighted by molar-refractivity contribution is 5.94. The monoisotopic (exact) mass is 371 g/mol. The molecule has 0 bridgehead atoms. The van der Waals surface area contributed by atoms with Gasteiger partial charge in [-0.05, 0) is 37.1 Å². The number of para-hydroxylation sites is 1. The van der Waals surface area contributed by atoms with E-state index in [9.17, 15) is 4.79 Å². The summed E-state index contributed by atoms with van der Waals surface area (Å²) in [5.41, 5.74) is 2.39. The molecule has 5 heteroatoms. The molecule has 0 radical (unpaired) electrons. The number of nitrogens with one attached hydrogen (secondary N) is 1. The fraction of sp³-hybridized carbons (Fsp3) is 0.409. The van der Waals surface area contributed by atoms with Crippen LogP contribution in [-0.4, -0.2) is 26.2 Å². The summed E-state index contributed by atoms with van der Waals surface area (Å²) in [7, 11) is 1.62. The highest BCUT2D eigenvalue weighted by atomic mass is 16.5. The fourth-order valence-corrected chi connectivity index (χ4v) is 2.66. The molecule has 0 saturated carbocycles. The minimum atomic E-state index is -0.144. The second kappa shape index (κ2) is 10.6. The number of ether oxygens (including phenoxy) is 3. The molecule has 0 spiro atoms. The van der Waals surface area contributed by atoms with Gasteiger partial charge in [0.05, 0.1) is 20.3 Å². The van der Waals surface area contributed by atoms with E-state index in [-0.39, 0.29) is 5.91 Å². The fourth-order valence-electron chi connectivity index (χ4n) is 2.66. The van der Waals surface area contributed by atoms with Crippen LogP contribution in [-0.2, 0) is 17.9 Å². The van der Waals surface area contributed by atoms with E-state index >= 15 is 0 Å². The van der Waals surface area contributed by atoms with Crippen molar-refractivity contribution < 1.29 is 19.0 Å². The summed E-state index contributed by atoms with van der Waals surface area (Å²) in [5.74, 6) is 1.82. The van der Waals surface area contributed by atoms with Crippen molar-refractivity contribution in [2.45, 2.75) is 33.9 Å². The summed E-state index contributed by atoms with van der Waals surface area (Å²) < 4.78 is 16.7. The SMILES string of the molecule is CCOc1ccc(C(=O)NCc2ccccc2OC)cc1COCC(C)C. The van der Waals surface area contributed by atoms with E-state index in [4.69, 9.17) is 14.2 Å². The molecule has 1 amide bonds. The van der Waals surface area contributed by atoms with Crippen molar-refractivity contribution in [3.8, 4) is 11.5 Å². The van der Waals surface area contributed by atoms with E-state index in [0.717, 1.165) is 22.6 Å². The second-order valence-corrected chi connectivity index (χ2v) is 6.66. The van der Waals surface area contributed by atoms with Crippen molar-refractivity contribution in [3.05, 3.63) is 59.2 Å². The molecule has 27 heavy (non-hydrogen) atoms. The van der Waals surface area contributed by atoms with Crippen molar-refractivity contribution in [2.24, 2.45) is 5.92 Å². The van der Waals surface area contributed by atoms with Gasteiger partial charge >= 0.3 is 0 Å². The van der Waals surface area contributed by atoms with Crippen LogP contribution in [0, 0.1) is 5.92 Å². The molecular formula is C22H29NO4. The van der Waals surface area contributed by atoms with Crippen LogP contribution in [0.4, 0.5) is 0 Å². The van der Waals surface area contributed by atoms with Gasteiger partial charge in [-0.2, -0.15) is 0 Å². The Morgan fingerprint density at radius 2 is 1.85 bits per heavy atom. The Labute approximate surface area is 161 Å². The van der Waals surface area contributed by atoms with Gasteiger partial charge in [0.1, 0.15) is 11.5 Å². The van der Waals surface area contributed by atoms with Crippen LogP contribution in [0.2, 0.25) is 0 Å². The van der Waals surface area contributed by atoms with E-state index in [1.54, 1.807) is 13.2 Å². The molecule has 0 aromatic heterocycles. The lowest BCUT2D eigenvalue weighted by Gasteiger charge is -2.14. The number of benzene rings is 2. The van der Waals surface area contributed by atoms with Crippen molar-refractivity contribution in [1.82, 2.24) is 5.32 Å². The van der Waals surface area contributed by atoms with Crippen molar-refractivity contribution in [3.63, 3.8) is 0 Å². The van der Waals surface area contributed by atoms with E-state index in [1.165, 1.54) is 0 Å². The van der Waals surface area contributed by atoms with Crippen molar-refractivity contribution in [1.29, 1.82) is 0 Å². The molecule has 2 aromatic carbocycles. The van der Waals surface area contributed by atoms with Gasteiger partial charge in [0.15, 0.2) is 0 Å². The highest BCUT2D eigenvalue weighted by Crippen LogP contribution is 2.22. The molecule has 2 rings (SSSR count). The standard InChI is InChI=1S/C22H29NO4/c1-5-27-21-11-10-17(12-19(21)15-26-14-16(2)3)22(24)23-13-18-8-6-7-9-20(18)25-4/h6-12,16H,5,13-15H2,1-4H3,(H,23,24). The number of carbonyl (C=O) groups is 1. The number of amides is 1. The smallest absolute Gasteiger partial charge is 0.251 e. The summed E-state index contributed by atoms with van der Waals surface area (Å²) in [6.07, 6.45) is 0. The summed E-state index contributed by atoms with van der Waals surface area (Å²) in [4.78, 5) is 12.6. The number of hydrogen-bond acceptors (Lipinski definition) is 4. The molecule has 0 saturated heterocycles. The van der Waals surface area contributed by atoms with Gasteiger partial charge in [0.2, 0.25) is 0 Å². The van der Waals surface area contributed by atoms with Crippen LogP contribution in [0.25, 0.3) is 0 Å². The lowest BCUT2D eigenvalue weighted by molar-refractivity contribution is 0.0935. The lowest BCUT2D eigenvalue weighted by atomic mass is 10.1. The second-order valence-electron chi connectivity index (χ2n) is 6.66. The largest absolute Gasteiger partial charge is 0.496 e. The minimum Gasteiger partial charge on any atom is -0.496 e. The van der Waals surface area contributed by atoms with Crippen LogP contribution in [0.3, 0.4) is 0 Å². The predicted molar refractivity (Wildman–Crippen MR) is 106 cm³/mol. The minimum absolute atomic E-state index is 0.144. The van der Waals surface area contributed by atoms with Gasteiger partial charge in [0.25, 0.3) is 5.91 Å². The average molecular weight is 371 g/mol. The first-order valence-electron chi connectivity index (χ1n) is 9.28. The molecule has 0 aliphatic carbocycles. The van der Waals surface area contributed by atoms with Gasteiger partial charge in [-0.15, -0.1) is 0 Å². The van der Waals surface area contributed by atoms with Crippen molar-refractivity contribution >= 4 is 5.91 Å². The van der Waals surface area contributed by atoms with E-state index in [1.807, 2.05) is 43.3 Å². The maximum atomic E-state index is 12.6. The highest BCUT2D eigenvalue weighted by Gasteiger charge is 2.12. The first kappa shape index (κ1) is 20.8. The van der Waals surface area contributed by atoms with E-state index in [0.29, 0.717) is 37.8 Å². The third-order valence-electron chi connectivity index (χ3n) is 3.96. The average Bonchev–Trinajstić information content (AvgIpc) is 2.67. The van der Waals surface area contributed by atoms with Crippen LogP contribution in [0.15, 0.2) is 42.5 Å². The van der Waals surface area contributed by atoms with Gasteiger partial charge in [-0.25, -0.2) is 0 Å². The summed E-state index contributed by atoms with van der Waals surface area (Å²) in [6, 6.07) is 13.1. The molecular weight excluding hydrogens is 342 g/mol. The predicted octanol–water partition coefficient (Wildman–Crippen LogP) is 4.20. The number of rotatable bonds is 10. The lowest BCUT2D eigenvalue weighted by Crippen LogP contribution is -2.23. The molecule has 2 aromatic rings. The zero-order valence-corrected chi connectivity index (χ0v) is 16.6. The topological polar surface area (TPSA) is 56.8 Å². The van der Waals surface area contributed by atoms with Gasteiger partial charge in [-0.1, -0.05) is 32.0 Å². The zero-order valence-electron chi connectivity index (χ0n) is 16.6. The summed E-state index contributed by atoms with van der Waals surface area (Å²) in [5, 5.41) is 2.94. The van der Waals surface area contributed by atoms with Crippen LogP contribution in [0.1, 0.15) is 42.3 Å². The third-order valence-corrected chi connectivity index (χ3v) is 3.96. The van der Waals surface area contributed by atoms with E-state index in [2.05, 4.69) is 19.2 Å². The Kier molecular flexibility index (Phi) is 8.14. The quantitative estimate of drug-likeness (QED) is 0.680. The summed E-state index contributed by atoms with van der Waals surface area (Å²) >= 11 is 0. The van der Waals surface area contributed by atoms with Gasteiger partial charge in [-0.3, -0.25) is 4.79 Å². The maximum Gasteiger partial charge on any atom is 0.251 e. The molecule has 0 unspecified atom stereocenters. The Morgan fingerprint density at radius 1 is 1.07 bits per heavy atom. The van der Waals surface area contributed by atoms with Gasteiger partial charge in [0, 0.05) is 29.8 Å². The first-order chi connectivity index (χ1) is 13.0. The molecule has 0 fully saturated rings. The number of methoxy groups -OCH3 is 1. The summed E-state index contributed by atoms with van der Waals surface area (Å²) in [6.45, 7) is 8.19. The molecule has 0 aliphatic heterocycles. The van der Waals surface area contributed by atoms with E-state index < -0.39 is 0 Å². The Bertz CT molecular complexity index is 743. The van der Waals surface area contributed by atoms with Crippen LogP contribution in [0.5, 0.6) is 11.5 Å². The molecule has 1 N–H and O–H groups in total. The Balaban J connectivity index is 2.08. The maximum absolute atomic E-state index is 12.6. The van der Waals surface area contributed by atoms with Crippen molar-refractivity contribution in [2.75, 3.05) is 20.3 Å². The molecule has 146 valence electrons. The van der Waals surface area contributed by atoms with Crippen LogP contribution >= 0.6 is 0 Å². The molecule has 0 heterocycles. The van der Waals surface area contributed by atoms with Gasteiger partial charge < -0.3 is 19.5 Å². The Morgan fingerprint density at radius 3 is 2.56 bits per heavy atom. The number of hydrogen-bond donors (Lipinski definition) is 1. The Hall–Kier alpha value is -2.53. The molecule has 0 atom stereocenters.